The molecule has 16 heavy (non-hydrogen) atoms. The van der Waals surface area contributed by atoms with Gasteiger partial charge in [-0.25, -0.2) is 4.68 Å². The van der Waals surface area contributed by atoms with Crippen LogP contribution in [0.5, 0.6) is 0 Å². The number of aromatic nitrogens is 3. The zero-order valence-corrected chi connectivity index (χ0v) is 10.3. The Morgan fingerprint density at radius 2 is 1.81 bits per heavy atom. The van der Waals surface area contributed by atoms with Crippen molar-refractivity contribution in [3.63, 3.8) is 0 Å². The quantitative estimate of drug-likeness (QED) is 0.859. The number of rotatable bonds is 2. The lowest BCUT2D eigenvalue weighted by atomic mass is 10.3. The van der Waals surface area contributed by atoms with Crippen LogP contribution in [-0.4, -0.2) is 15.0 Å². The molecule has 0 unspecified atom stereocenters. The predicted octanol–water partition coefficient (Wildman–Crippen LogP) is 2.69. The van der Waals surface area contributed by atoms with Gasteiger partial charge >= 0.3 is 0 Å². The lowest BCUT2D eigenvalue weighted by Crippen LogP contribution is -1.96. The standard InChI is InChI=1S/C9H7Cl3N4/c10-6-1-8(12)9(2-7(6)11)16-4-5(3-13)14-15-16/h1-2,4H,3,13H2. The summed E-state index contributed by atoms with van der Waals surface area (Å²) in [6, 6.07) is 3.19. The Hall–Kier alpha value is -0.810. The molecule has 0 aliphatic carbocycles. The molecule has 0 bridgehead atoms. The van der Waals surface area contributed by atoms with Gasteiger partial charge in [0.05, 0.1) is 32.6 Å². The lowest BCUT2D eigenvalue weighted by Gasteiger charge is -2.05. The van der Waals surface area contributed by atoms with Crippen molar-refractivity contribution in [2.45, 2.75) is 6.54 Å². The Labute approximate surface area is 107 Å². The number of nitrogens with zero attached hydrogens (tertiary/aromatic N) is 3. The zero-order valence-electron chi connectivity index (χ0n) is 7.99. The van der Waals surface area contributed by atoms with Crippen LogP contribution >= 0.6 is 34.8 Å². The monoisotopic (exact) mass is 276 g/mol. The van der Waals surface area contributed by atoms with E-state index in [-0.39, 0.29) is 0 Å². The van der Waals surface area contributed by atoms with Gasteiger partial charge in [-0.2, -0.15) is 0 Å². The van der Waals surface area contributed by atoms with E-state index >= 15 is 0 Å². The average molecular weight is 278 g/mol. The summed E-state index contributed by atoms with van der Waals surface area (Å²) in [4.78, 5) is 0. The summed E-state index contributed by atoms with van der Waals surface area (Å²) >= 11 is 17.7. The van der Waals surface area contributed by atoms with E-state index in [1.54, 1.807) is 18.3 Å². The fraction of sp³-hybridized carbons (Fsp3) is 0.111. The average Bonchev–Trinajstić information content (AvgIpc) is 2.71. The molecule has 1 aromatic heterocycles. The van der Waals surface area contributed by atoms with E-state index in [4.69, 9.17) is 40.5 Å². The third-order valence-corrected chi connectivity index (χ3v) is 3.01. The first-order valence-corrected chi connectivity index (χ1v) is 5.51. The van der Waals surface area contributed by atoms with Gasteiger partial charge in [-0.15, -0.1) is 5.10 Å². The molecule has 0 aliphatic rings. The molecule has 0 atom stereocenters. The molecular weight excluding hydrogens is 270 g/mol. The summed E-state index contributed by atoms with van der Waals surface area (Å²) in [6.07, 6.45) is 1.69. The molecule has 84 valence electrons. The fourth-order valence-corrected chi connectivity index (χ4v) is 1.82. The summed E-state index contributed by atoms with van der Waals surface area (Å²) in [7, 11) is 0. The van der Waals surface area contributed by atoms with E-state index in [0.29, 0.717) is 33.0 Å². The van der Waals surface area contributed by atoms with Gasteiger partial charge in [0.2, 0.25) is 0 Å². The first-order valence-electron chi connectivity index (χ1n) is 4.38. The van der Waals surface area contributed by atoms with Crippen LogP contribution in [0, 0.1) is 0 Å². The van der Waals surface area contributed by atoms with Crippen LogP contribution in [0.2, 0.25) is 15.1 Å². The first kappa shape index (κ1) is 11.7. The molecule has 0 radical (unpaired) electrons. The van der Waals surface area contributed by atoms with Gasteiger partial charge in [-0.05, 0) is 12.1 Å². The van der Waals surface area contributed by atoms with Crippen LogP contribution in [0.4, 0.5) is 0 Å². The third-order valence-electron chi connectivity index (χ3n) is 1.99. The highest BCUT2D eigenvalue weighted by Gasteiger charge is 2.09. The van der Waals surface area contributed by atoms with Crippen LogP contribution in [0.1, 0.15) is 5.69 Å². The molecule has 0 fully saturated rings. The molecule has 2 aromatic rings. The predicted molar refractivity (Wildman–Crippen MR) is 64.3 cm³/mol. The number of halogens is 3. The maximum Gasteiger partial charge on any atom is 0.0967 e. The molecule has 2 N–H and O–H groups in total. The summed E-state index contributed by atoms with van der Waals surface area (Å²) in [5.74, 6) is 0. The highest BCUT2D eigenvalue weighted by molar-refractivity contribution is 6.43. The Kier molecular flexibility index (Phi) is 3.35. The molecule has 2 rings (SSSR count). The first-order chi connectivity index (χ1) is 7.61. The molecule has 7 heteroatoms. The third kappa shape index (κ3) is 2.15. The van der Waals surface area contributed by atoms with Crippen molar-refractivity contribution in [3.05, 3.63) is 39.1 Å². The second kappa shape index (κ2) is 4.59. The minimum Gasteiger partial charge on any atom is -0.325 e. The van der Waals surface area contributed by atoms with Gasteiger partial charge in [0, 0.05) is 6.54 Å². The number of hydrogen-bond donors (Lipinski definition) is 1. The Bertz CT molecular complexity index is 523. The van der Waals surface area contributed by atoms with Crippen LogP contribution < -0.4 is 5.73 Å². The van der Waals surface area contributed by atoms with Crippen molar-refractivity contribution < 1.29 is 0 Å². The van der Waals surface area contributed by atoms with Crippen molar-refractivity contribution >= 4 is 34.8 Å². The second-order valence-electron chi connectivity index (χ2n) is 3.08. The molecule has 0 saturated carbocycles. The summed E-state index contributed by atoms with van der Waals surface area (Å²) in [5, 5.41) is 9.00. The van der Waals surface area contributed by atoms with Gasteiger partial charge in [0.15, 0.2) is 0 Å². The maximum atomic E-state index is 6.03. The highest BCUT2D eigenvalue weighted by atomic mass is 35.5. The molecule has 0 saturated heterocycles. The van der Waals surface area contributed by atoms with Crippen molar-refractivity contribution in [3.8, 4) is 5.69 Å². The molecule has 1 heterocycles. The molecule has 4 nitrogen and oxygen atoms in total. The summed E-state index contributed by atoms with van der Waals surface area (Å²) < 4.78 is 1.51. The van der Waals surface area contributed by atoms with Crippen molar-refractivity contribution in [1.82, 2.24) is 15.0 Å². The van der Waals surface area contributed by atoms with Gasteiger partial charge in [-0.3, -0.25) is 0 Å². The summed E-state index contributed by atoms with van der Waals surface area (Å²) in [6.45, 7) is 0.318. The second-order valence-corrected chi connectivity index (χ2v) is 4.30. The lowest BCUT2D eigenvalue weighted by molar-refractivity contribution is 0.797. The molecular formula is C9H7Cl3N4. The van der Waals surface area contributed by atoms with Crippen LogP contribution in [0.3, 0.4) is 0 Å². The number of nitrogens with two attached hydrogens (primary N) is 1. The maximum absolute atomic E-state index is 6.03. The van der Waals surface area contributed by atoms with Crippen molar-refractivity contribution in [2.75, 3.05) is 0 Å². The summed E-state index contributed by atoms with van der Waals surface area (Å²) in [5.41, 5.74) is 6.72. The molecule has 0 amide bonds. The Morgan fingerprint density at radius 3 is 2.44 bits per heavy atom. The highest BCUT2D eigenvalue weighted by Crippen LogP contribution is 2.30. The number of hydrogen-bond acceptors (Lipinski definition) is 3. The topological polar surface area (TPSA) is 56.7 Å². The SMILES string of the molecule is NCc1cn(-c2cc(Cl)c(Cl)cc2Cl)nn1. The minimum atomic E-state index is 0.318. The minimum absolute atomic E-state index is 0.318. The van der Waals surface area contributed by atoms with Crippen molar-refractivity contribution in [1.29, 1.82) is 0 Å². The zero-order chi connectivity index (χ0) is 11.7. The number of benzene rings is 1. The van der Waals surface area contributed by atoms with Crippen LogP contribution in [-0.2, 0) is 6.54 Å². The van der Waals surface area contributed by atoms with Gasteiger partial charge in [-0.1, -0.05) is 40.0 Å². The normalized spacial score (nSPS) is 10.8. The van der Waals surface area contributed by atoms with Gasteiger partial charge < -0.3 is 5.73 Å². The smallest absolute Gasteiger partial charge is 0.0967 e. The van der Waals surface area contributed by atoms with Crippen molar-refractivity contribution in [2.24, 2.45) is 5.73 Å². The van der Waals surface area contributed by atoms with Crippen LogP contribution in [0.25, 0.3) is 5.69 Å². The van der Waals surface area contributed by atoms with E-state index < -0.39 is 0 Å². The van der Waals surface area contributed by atoms with E-state index in [0.717, 1.165) is 0 Å². The Morgan fingerprint density at radius 1 is 1.12 bits per heavy atom. The Balaban J connectivity index is 2.51. The van der Waals surface area contributed by atoms with Crippen LogP contribution in [0.15, 0.2) is 18.3 Å². The molecule has 1 aromatic carbocycles. The largest absolute Gasteiger partial charge is 0.325 e. The van der Waals surface area contributed by atoms with E-state index in [9.17, 15) is 0 Å². The molecule has 0 aliphatic heterocycles. The molecule has 0 spiro atoms. The van der Waals surface area contributed by atoms with E-state index in [1.165, 1.54) is 4.68 Å². The van der Waals surface area contributed by atoms with E-state index in [1.807, 2.05) is 0 Å². The van der Waals surface area contributed by atoms with E-state index in [2.05, 4.69) is 10.3 Å². The van der Waals surface area contributed by atoms with Gasteiger partial charge in [0.25, 0.3) is 0 Å². The van der Waals surface area contributed by atoms with Gasteiger partial charge in [0.1, 0.15) is 0 Å². The fourth-order valence-electron chi connectivity index (χ4n) is 1.20.